The number of rotatable bonds is 4. The Kier molecular flexibility index (Phi) is 5.47. The molecule has 4 rings (SSSR count). The Morgan fingerprint density at radius 3 is 2.57 bits per heavy atom. The largest absolute Gasteiger partial charge is 0.495 e. The van der Waals surface area contributed by atoms with Crippen molar-refractivity contribution in [3.8, 4) is 5.75 Å². The fraction of sp³-hybridized carbons (Fsp3) is 0.636. The second kappa shape index (κ2) is 8.02. The summed E-state index contributed by atoms with van der Waals surface area (Å²) in [6.07, 6.45) is 7.24. The van der Waals surface area contributed by atoms with Crippen molar-refractivity contribution in [3.63, 3.8) is 0 Å². The van der Waals surface area contributed by atoms with Gasteiger partial charge in [-0.15, -0.1) is 0 Å². The third-order valence-corrected chi connectivity index (χ3v) is 6.77. The number of methoxy groups -OCH3 is 1. The van der Waals surface area contributed by atoms with Crippen LogP contribution in [0.25, 0.3) is 0 Å². The number of likely N-dealkylation sites (tertiary alicyclic amines) is 2. The first-order valence-electron chi connectivity index (χ1n) is 10.6. The minimum atomic E-state index is -0.0700. The predicted molar refractivity (Wildman–Crippen MR) is 108 cm³/mol. The molecule has 3 aliphatic rings. The lowest BCUT2D eigenvalue weighted by atomic mass is 9.73. The van der Waals surface area contributed by atoms with Crippen molar-refractivity contribution in [1.29, 1.82) is 0 Å². The van der Waals surface area contributed by atoms with Crippen molar-refractivity contribution < 1.29 is 14.3 Å². The van der Waals surface area contributed by atoms with Gasteiger partial charge >= 0.3 is 6.03 Å². The molecule has 28 heavy (non-hydrogen) atoms. The van der Waals surface area contributed by atoms with Crippen LogP contribution in [0.1, 0.15) is 44.9 Å². The lowest BCUT2D eigenvalue weighted by Gasteiger charge is -2.41. The van der Waals surface area contributed by atoms with E-state index in [1.807, 2.05) is 29.2 Å². The molecule has 0 bridgehead atoms. The minimum absolute atomic E-state index is 0.0700. The molecule has 1 aliphatic carbocycles. The number of para-hydroxylation sites is 2. The summed E-state index contributed by atoms with van der Waals surface area (Å²) in [5.74, 6) is 1.75. The first kappa shape index (κ1) is 19.1. The molecule has 2 heterocycles. The molecule has 0 atom stereocenters. The molecule has 0 aromatic heterocycles. The van der Waals surface area contributed by atoms with Gasteiger partial charge in [0.05, 0.1) is 12.8 Å². The van der Waals surface area contributed by atoms with Crippen molar-refractivity contribution in [3.05, 3.63) is 24.3 Å². The monoisotopic (exact) mass is 385 g/mol. The molecule has 1 spiro atoms. The molecule has 2 aliphatic heterocycles. The Morgan fingerprint density at radius 2 is 1.86 bits per heavy atom. The van der Waals surface area contributed by atoms with Crippen LogP contribution in [0.4, 0.5) is 10.5 Å². The van der Waals surface area contributed by atoms with Gasteiger partial charge in [-0.1, -0.05) is 12.1 Å². The highest BCUT2D eigenvalue weighted by molar-refractivity contribution is 5.91. The Bertz CT molecular complexity index is 723. The number of ether oxygens (including phenoxy) is 1. The summed E-state index contributed by atoms with van der Waals surface area (Å²) in [6.45, 7) is 3.35. The molecule has 6 heteroatoms. The number of hydrogen-bond donors (Lipinski definition) is 1. The number of nitrogens with one attached hydrogen (secondary N) is 1. The average molecular weight is 386 g/mol. The maximum absolute atomic E-state index is 12.7. The summed E-state index contributed by atoms with van der Waals surface area (Å²) in [7, 11) is 1.61. The predicted octanol–water partition coefficient (Wildman–Crippen LogP) is 3.73. The van der Waals surface area contributed by atoms with Crippen LogP contribution in [0.15, 0.2) is 24.3 Å². The van der Waals surface area contributed by atoms with E-state index >= 15 is 0 Å². The summed E-state index contributed by atoms with van der Waals surface area (Å²) < 4.78 is 5.32. The third-order valence-electron chi connectivity index (χ3n) is 6.77. The maximum Gasteiger partial charge on any atom is 0.321 e. The van der Waals surface area contributed by atoms with Gasteiger partial charge in [0.2, 0.25) is 5.91 Å². The number of benzene rings is 1. The number of hydrogen-bond acceptors (Lipinski definition) is 3. The van der Waals surface area contributed by atoms with E-state index in [0.29, 0.717) is 23.8 Å². The van der Waals surface area contributed by atoms with E-state index in [2.05, 4.69) is 10.2 Å². The van der Waals surface area contributed by atoms with Crippen molar-refractivity contribution >= 4 is 17.6 Å². The van der Waals surface area contributed by atoms with Crippen molar-refractivity contribution in [2.24, 2.45) is 11.3 Å². The molecule has 0 unspecified atom stereocenters. The fourth-order valence-electron chi connectivity index (χ4n) is 4.58. The van der Waals surface area contributed by atoms with E-state index in [1.165, 1.54) is 12.8 Å². The summed E-state index contributed by atoms with van der Waals surface area (Å²) in [5.41, 5.74) is 0.918. The lowest BCUT2D eigenvalue weighted by molar-refractivity contribution is -0.130. The van der Waals surface area contributed by atoms with E-state index in [0.717, 1.165) is 57.8 Å². The van der Waals surface area contributed by atoms with Gasteiger partial charge in [0, 0.05) is 32.6 Å². The normalized spacial score (nSPS) is 22.1. The average Bonchev–Trinajstić information content (AvgIpc) is 3.55. The van der Waals surface area contributed by atoms with Crippen molar-refractivity contribution in [2.75, 3.05) is 38.6 Å². The van der Waals surface area contributed by atoms with Crippen LogP contribution in [0.3, 0.4) is 0 Å². The van der Waals surface area contributed by atoms with Gasteiger partial charge in [-0.3, -0.25) is 4.79 Å². The van der Waals surface area contributed by atoms with Crippen molar-refractivity contribution in [1.82, 2.24) is 9.80 Å². The number of carbonyl (C=O) groups is 2. The number of carbonyl (C=O) groups excluding carboxylic acids is 2. The Labute approximate surface area is 167 Å². The van der Waals surface area contributed by atoms with E-state index in [-0.39, 0.29) is 11.4 Å². The zero-order chi connectivity index (χ0) is 19.6. The molecule has 0 radical (unpaired) electrons. The van der Waals surface area contributed by atoms with Gasteiger partial charge in [-0.05, 0) is 62.0 Å². The molecule has 3 amide bonds. The summed E-state index contributed by atoms with van der Waals surface area (Å²) in [5, 5.41) is 2.98. The Balaban J connectivity index is 1.32. The van der Waals surface area contributed by atoms with E-state index in [9.17, 15) is 9.59 Å². The first-order valence-corrected chi connectivity index (χ1v) is 10.6. The second-order valence-corrected chi connectivity index (χ2v) is 8.65. The molecule has 1 aromatic rings. The molecule has 1 aromatic carbocycles. The van der Waals surface area contributed by atoms with Gasteiger partial charge in [0.1, 0.15) is 5.75 Å². The van der Waals surface area contributed by atoms with Crippen LogP contribution in [0, 0.1) is 11.3 Å². The first-order chi connectivity index (χ1) is 13.6. The quantitative estimate of drug-likeness (QED) is 0.859. The molecule has 6 nitrogen and oxygen atoms in total. The zero-order valence-corrected chi connectivity index (χ0v) is 16.8. The molecule has 1 saturated carbocycles. The van der Waals surface area contributed by atoms with Crippen molar-refractivity contribution in [2.45, 2.75) is 44.9 Å². The molecule has 152 valence electrons. The number of nitrogens with zero attached hydrogens (tertiary/aromatic N) is 2. The summed E-state index contributed by atoms with van der Waals surface area (Å²) >= 11 is 0. The summed E-state index contributed by atoms with van der Waals surface area (Å²) in [4.78, 5) is 29.2. The Morgan fingerprint density at radius 1 is 1.14 bits per heavy atom. The standard InChI is InChI=1S/C22H31N3O3/c1-28-19-5-3-2-4-18(19)23-21(27)24-13-10-22(11-14-24)9-8-20(26)25(15-12-22)16-17-6-7-17/h2-5,17H,6-16H2,1H3,(H,23,27). The lowest BCUT2D eigenvalue weighted by Crippen LogP contribution is -2.45. The van der Waals surface area contributed by atoms with E-state index in [4.69, 9.17) is 4.74 Å². The molecular formula is C22H31N3O3. The number of amides is 3. The highest BCUT2D eigenvalue weighted by Crippen LogP contribution is 2.42. The third kappa shape index (κ3) is 4.26. The van der Waals surface area contributed by atoms with Crippen LogP contribution in [0.2, 0.25) is 0 Å². The van der Waals surface area contributed by atoms with Crippen LogP contribution in [0.5, 0.6) is 5.75 Å². The molecule has 2 saturated heterocycles. The molecule has 3 fully saturated rings. The Hall–Kier alpha value is -2.24. The van der Waals surface area contributed by atoms with Crippen LogP contribution in [-0.2, 0) is 4.79 Å². The van der Waals surface area contributed by atoms with E-state index < -0.39 is 0 Å². The van der Waals surface area contributed by atoms with Crippen LogP contribution < -0.4 is 10.1 Å². The SMILES string of the molecule is COc1ccccc1NC(=O)N1CCC2(CCC(=O)N(CC3CC3)CC2)CC1. The topological polar surface area (TPSA) is 61.9 Å². The number of piperidine rings is 1. The number of urea groups is 1. The highest BCUT2D eigenvalue weighted by atomic mass is 16.5. The molecule has 1 N–H and O–H groups in total. The van der Waals surface area contributed by atoms with Gasteiger partial charge < -0.3 is 19.9 Å². The maximum atomic E-state index is 12.7. The number of anilines is 1. The van der Waals surface area contributed by atoms with Gasteiger partial charge in [0.15, 0.2) is 0 Å². The van der Waals surface area contributed by atoms with Gasteiger partial charge in [0.25, 0.3) is 0 Å². The zero-order valence-electron chi connectivity index (χ0n) is 16.8. The van der Waals surface area contributed by atoms with Crippen LogP contribution >= 0.6 is 0 Å². The summed E-state index contributed by atoms with van der Waals surface area (Å²) in [6, 6.07) is 7.40. The van der Waals surface area contributed by atoms with Gasteiger partial charge in [-0.25, -0.2) is 4.79 Å². The fourth-order valence-corrected chi connectivity index (χ4v) is 4.58. The minimum Gasteiger partial charge on any atom is -0.495 e. The van der Waals surface area contributed by atoms with Crippen LogP contribution in [-0.4, -0.2) is 55.0 Å². The smallest absolute Gasteiger partial charge is 0.321 e. The van der Waals surface area contributed by atoms with E-state index in [1.54, 1.807) is 7.11 Å². The molecular weight excluding hydrogens is 354 g/mol. The highest BCUT2D eigenvalue weighted by Gasteiger charge is 2.39. The van der Waals surface area contributed by atoms with Gasteiger partial charge in [-0.2, -0.15) is 0 Å². The second-order valence-electron chi connectivity index (χ2n) is 8.65.